The van der Waals surface area contributed by atoms with Gasteiger partial charge in [0.1, 0.15) is 5.01 Å². The first-order valence-corrected chi connectivity index (χ1v) is 7.01. The van der Waals surface area contributed by atoms with Crippen LogP contribution >= 0.6 is 11.3 Å². The van der Waals surface area contributed by atoms with E-state index in [0.29, 0.717) is 6.42 Å². The number of aliphatic hydroxyl groups is 1. The smallest absolute Gasteiger partial charge is 0.109 e. The zero-order valence-corrected chi connectivity index (χ0v) is 11.2. The third-order valence-electron chi connectivity index (χ3n) is 2.87. The van der Waals surface area contributed by atoms with E-state index in [1.54, 1.807) is 11.3 Å². The topological polar surface area (TPSA) is 45.1 Å². The highest BCUT2D eigenvalue weighted by atomic mass is 32.1. The Hall–Kier alpha value is -1.23. The van der Waals surface area contributed by atoms with Gasteiger partial charge in [0, 0.05) is 11.6 Å². The molecule has 0 aliphatic heterocycles. The molecule has 1 heterocycles. The number of nitrogens with zero attached hydrogens (tertiary/aromatic N) is 1. The van der Waals surface area contributed by atoms with Gasteiger partial charge in [0.05, 0.1) is 12.1 Å². The van der Waals surface area contributed by atoms with Crippen molar-refractivity contribution >= 4 is 11.3 Å². The van der Waals surface area contributed by atoms with E-state index in [2.05, 4.69) is 17.2 Å². The summed E-state index contributed by atoms with van der Waals surface area (Å²) in [4.78, 5) is 4.27. The zero-order chi connectivity index (χ0) is 12.8. The Bertz CT molecular complexity index is 444. The van der Waals surface area contributed by atoms with Crippen molar-refractivity contribution < 1.29 is 5.11 Å². The van der Waals surface area contributed by atoms with Crippen LogP contribution < -0.4 is 5.32 Å². The van der Waals surface area contributed by atoms with Gasteiger partial charge in [-0.15, -0.1) is 11.3 Å². The predicted molar refractivity (Wildman–Crippen MR) is 74.6 cm³/mol. The SMILES string of the molecule is CC(NCC[C@@H](O)c1ccccc1)c1nccs1. The van der Waals surface area contributed by atoms with Gasteiger partial charge in [-0.3, -0.25) is 0 Å². The molecular weight excluding hydrogens is 244 g/mol. The molecule has 1 aromatic carbocycles. The summed E-state index contributed by atoms with van der Waals surface area (Å²) in [5, 5.41) is 16.5. The summed E-state index contributed by atoms with van der Waals surface area (Å²) in [6, 6.07) is 10.0. The van der Waals surface area contributed by atoms with Crippen molar-refractivity contribution in [2.45, 2.75) is 25.5 Å². The number of aromatic nitrogens is 1. The van der Waals surface area contributed by atoms with Crippen LogP contribution in [0.2, 0.25) is 0 Å². The molecule has 0 saturated carbocycles. The van der Waals surface area contributed by atoms with Gasteiger partial charge in [0.2, 0.25) is 0 Å². The van der Waals surface area contributed by atoms with Crippen LogP contribution in [-0.2, 0) is 0 Å². The van der Waals surface area contributed by atoms with E-state index in [1.165, 1.54) is 0 Å². The molecule has 2 atom stereocenters. The van der Waals surface area contributed by atoms with Crippen LogP contribution in [0.3, 0.4) is 0 Å². The van der Waals surface area contributed by atoms with E-state index in [0.717, 1.165) is 17.1 Å². The number of thiazole rings is 1. The second kappa shape index (κ2) is 6.64. The van der Waals surface area contributed by atoms with Gasteiger partial charge < -0.3 is 10.4 Å². The molecule has 0 radical (unpaired) electrons. The van der Waals surface area contributed by atoms with Crippen LogP contribution in [0.1, 0.15) is 36.1 Å². The van der Waals surface area contributed by atoms with Crippen molar-refractivity contribution in [1.29, 1.82) is 0 Å². The molecule has 96 valence electrons. The van der Waals surface area contributed by atoms with E-state index in [4.69, 9.17) is 0 Å². The van der Waals surface area contributed by atoms with Crippen molar-refractivity contribution in [3.8, 4) is 0 Å². The molecule has 2 N–H and O–H groups in total. The fraction of sp³-hybridized carbons (Fsp3) is 0.357. The quantitative estimate of drug-likeness (QED) is 0.841. The van der Waals surface area contributed by atoms with Gasteiger partial charge >= 0.3 is 0 Å². The molecule has 4 heteroatoms. The Morgan fingerprint density at radius 1 is 1.33 bits per heavy atom. The lowest BCUT2D eigenvalue weighted by Crippen LogP contribution is -2.21. The Morgan fingerprint density at radius 2 is 2.11 bits per heavy atom. The lowest BCUT2D eigenvalue weighted by molar-refractivity contribution is 0.165. The number of benzene rings is 1. The van der Waals surface area contributed by atoms with Crippen molar-refractivity contribution in [2.75, 3.05) is 6.54 Å². The molecule has 0 aliphatic carbocycles. The fourth-order valence-corrected chi connectivity index (χ4v) is 2.48. The van der Waals surface area contributed by atoms with Crippen molar-refractivity contribution in [1.82, 2.24) is 10.3 Å². The van der Waals surface area contributed by atoms with Crippen LogP contribution in [0.25, 0.3) is 0 Å². The Morgan fingerprint density at radius 3 is 2.78 bits per heavy atom. The molecule has 0 bridgehead atoms. The molecule has 2 aromatic rings. The fourth-order valence-electron chi connectivity index (χ4n) is 1.81. The number of aliphatic hydroxyl groups excluding tert-OH is 1. The maximum atomic E-state index is 10.0. The van der Waals surface area contributed by atoms with Gasteiger partial charge in [-0.1, -0.05) is 30.3 Å². The van der Waals surface area contributed by atoms with Gasteiger partial charge in [0.25, 0.3) is 0 Å². The summed E-state index contributed by atoms with van der Waals surface area (Å²) in [6.07, 6.45) is 2.12. The minimum Gasteiger partial charge on any atom is -0.388 e. The summed E-state index contributed by atoms with van der Waals surface area (Å²) in [5.74, 6) is 0. The zero-order valence-electron chi connectivity index (χ0n) is 10.4. The largest absolute Gasteiger partial charge is 0.388 e. The first kappa shape index (κ1) is 13.2. The second-order valence-electron chi connectivity index (χ2n) is 4.26. The van der Waals surface area contributed by atoms with E-state index < -0.39 is 6.10 Å². The summed E-state index contributed by atoms with van der Waals surface area (Å²) >= 11 is 1.65. The van der Waals surface area contributed by atoms with Gasteiger partial charge in [-0.25, -0.2) is 4.98 Å². The molecule has 18 heavy (non-hydrogen) atoms. The molecule has 0 spiro atoms. The maximum Gasteiger partial charge on any atom is 0.109 e. The van der Waals surface area contributed by atoms with Crippen LogP contribution in [0.4, 0.5) is 0 Å². The first-order valence-electron chi connectivity index (χ1n) is 6.13. The Balaban J connectivity index is 1.76. The highest BCUT2D eigenvalue weighted by Gasteiger charge is 2.09. The van der Waals surface area contributed by atoms with Crippen molar-refractivity contribution in [3.63, 3.8) is 0 Å². The molecule has 1 unspecified atom stereocenters. The van der Waals surface area contributed by atoms with Gasteiger partial charge in [-0.05, 0) is 25.5 Å². The highest BCUT2D eigenvalue weighted by Crippen LogP contribution is 2.17. The molecule has 0 fully saturated rings. The molecule has 1 aromatic heterocycles. The minimum absolute atomic E-state index is 0.243. The second-order valence-corrected chi connectivity index (χ2v) is 5.19. The van der Waals surface area contributed by atoms with E-state index in [1.807, 2.05) is 41.9 Å². The van der Waals surface area contributed by atoms with Crippen LogP contribution in [0.5, 0.6) is 0 Å². The Kier molecular flexibility index (Phi) is 4.87. The third-order valence-corrected chi connectivity index (χ3v) is 3.83. The van der Waals surface area contributed by atoms with Crippen LogP contribution in [0, 0.1) is 0 Å². The van der Waals surface area contributed by atoms with E-state index >= 15 is 0 Å². The standard InChI is InChI=1S/C14H18N2OS/c1-11(14-16-9-10-18-14)15-8-7-13(17)12-5-3-2-4-6-12/h2-6,9-11,13,15,17H,7-8H2,1H3/t11?,13-/m1/s1. The molecule has 2 rings (SSSR count). The average molecular weight is 262 g/mol. The predicted octanol–water partition coefficient (Wildman–Crippen LogP) is 2.92. The number of nitrogens with one attached hydrogen (secondary N) is 1. The summed E-state index contributed by atoms with van der Waals surface area (Å²) in [5.41, 5.74) is 0.973. The molecular formula is C14H18N2OS. The maximum absolute atomic E-state index is 10.0. The summed E-state index contributed by atoms with van der Waals surface area (Å²) in [7, 11) is 0. The number of rotatable bonds is 6. The van der Waals surface area contributed by atoms with Gasteiger partial charge in [-0.2, -0.15) is 0 Å². The van der Waals surface area contributed by atoms with Crippen molar-refractivity contribution in [2.24, 2.45) is 0 Å². The normalized spacial score (nSPS) is 14.3. The average Bonchev–Trinajstić information content (AvgIpc) is 2.93. The number of hydrogen-bond acceptors (Lipinski definition) is 4. The molecule has 3 nitrogen and oxygen atoms in total. The monoisotopic (exact) mass is 262 g/mol. The van der Waals surface area contributed by atoms with Gasteiger partial charge in [0.15, 0.2) is 0 Å². The summed E-state index contributed by atoms with van der Waals surface area (Å²) in [6.45, 7) is 2.87. The molecule has 0 saturated heterocycles. The number of hydrogen-bond donors (Lipinski definition) is 2. The first-order chi connectivity index (χ1) is 8.77. The molecule has 0 aliphatic rings. The lowest BCUT2D eigenvalue weighted by atomic mass is 10.1. The van der Waals surface area contributed by atoms with Crippen molar-refractivity contribution in [3.05, 3.63) is 52.5 Å². The minimum atomic E-state index is -0.401. The highest BCUT2D eigenvalue weighted by molar-refractivity contribution is 7.09. The van der Waals surface area contributed by atoms with E-state index in [-0.39, 0.29) is 6.04 Å². The van der Waals surface area contributed by atoms with Crippen LogP contribution in [0.15, 0.2) is 41.9 Å². The van der Waals surface area contributed by atoms with E-state index in [9.17, 15) is 5.11 Å². The van der Waals surface area contributed by atoms with Crippen LogP contribution in [-0.4, -0.2) is 16.6 Å². The summed E-state index contributed by atoms with van der Waals surface area (Å²) < 4.78 is 0. The Labute approximate surface area is 112 Å². The lowest BCUT2D eigenvalue weighted by Gasteiger charge is -2.14. The molecule has 0 amide bonds. The third kappa shape index (κ3) is 3.63.